The zero-order valence-corrected chi connectivity index (χ0v) is 9.60. The van der Waals surface area contributed by atoms with Gasteiger partial charge in [-0.2, -0.15) is 0 Å². The molecule has 1 atom stereocenters. The highest BCUT2D eigenvalue weighted by molar-refractivity contribution is 6.31. The molecule has 0 fully saturated rings. The first-order valence-electron chi connectivity index (χ1n) is 4.98. The number of ether oxygens (including phenoxy) is 2. The van der Waals surface area contributed by atoms with Crippen molar-refractivity contribution in [3.63, 3.8) is 0 Å². The zero-order valence-electron chi connectivity index (χ0n) is 8.84. The van der Waals surface area contributed by atoms with Gasteiger partial charge in [0, 0.05) is 17.1 Å². The molecular formula is C11H14ClNO2. The van der Waals surface area contributed by atoms with Crippen LogP contribution in [-0.2, 0) is 0 Å². The van der Waals surface area contributed by atoms with E-state index in [1.165, 1.54) is 0 Å². The van der Waals surface area contributed by atoms with Crippen molar-refractivity contribution in [2.75, 3.05) is 20.3 Å². The van der Waals surface area contributed by atoms with Crippen molar-refractivity contribution in [2.45, 2.75) is 13.0 Å². The summed E-state index contributed by atoms with van der Waals surface area (Å²) in [7, 11) is 1.90. The summed E-state index contributed by atoms with van der Waals surface area (Å²) >= 11 is 6.16. The second-order valence-electron chi connectivity index (χ2n) is 3.53. The maximum Gasteiger partial charge on any atom is 0.162 e. The SMILES string of the molecule is CNC(C)c1cc2c(cc1Cl)OCCO2. The maximum absolute atomic E-state index is 6.16. The van der Waals surface area contributed by atoms with Crippen molar-refractivity contribution in [1.29, 1.82) is 0 Å². The molecule has 4 heteroatoms. The van der Waals surface area contributed by atoms with E-state index < -0.39 is 0 Å². The molecule has 1 aromatic rings. The van der Waals surface area contributed by atoms with Crippen LogP contribution >= 0.6 is 11.6 Å². The lowest BCUT2D eigenvalue weighted by Crippen LogP contribution is -2.17. The zero-order chi connectivity index (χ0) is 10.8. The molecule has 0 saturated heterocycles. The van der Waals surface area contributed by atoms with Crippen LogP contribution in [0.15, 0.2) is 12.1 Å². The number of hydrogen-bond donors (Lipinski definition) is 1. The van der Waals surface area contributed by atoms with Crippen LogP contribution in [0, 0.1) is 0 Å². The second-order valence-corrected chi connectivity index (χ2v) is 3.93. The minimum atomic E-state index is 0.202. The summed E-state index contributed by atoms with van der Waals surface area (Å²) in [6, 6.07) is 3.96. The smallest absolute Gasteiger partial charge is 0.162 e. The molecule has 0 aromatic heterocycles. The van der Waals surface area contributed by atoms with E-state index in [2.05, 4.69) is 12.2 Å². The third-order valence-electron chi connectivity index (χ3n) is 2.56. The van der Waals surface area contributed by atoms with Crippen LogP contribution in [0.4, 0.5) is 0 Å². The fraction of sp³-hybridized carbons (Fsp3) is 0.455. The predicted molar refractivity (Wildman–Crippen MR) is 59.9 cm³/mol. The number of fused-ring (bicyclic) bond motifs is 1. The van der Waals surface area contributed by atoms with Crippen molar-refractivity contribution in [1.82, 2.24) is 5.32 Å². The number of halogens is 1. The van der Waals surface area contributed by atoms with Crippen LogP contribution in [0.1, 0.15) is 18.5 Å². The molecule has 0 radical (unpaired) electrons. The largest absolute Gasteiger partial charge is 0.486 e. The molecule has 82 valence electrons. The monoisotopic (exact) mass is 227 g/mol. The van der Waals surface area contributed by atoms with E-state index in [1.807, 2.05) is 19.2 Å². The normalized spacial score (nSPS) is 16.2. The van der Waals surface area contributed by atoms with Crippen molar-refractivity contribution in [2.24, 2.45) is 0 Å². The maximum atomic E-state index is 6.16. The van der Waals surface area contributed by atoms with Crippen molar-refractivity contribution < 1.29 is 9.47 Å². The van der Waals surface area contributed by atoms with Crippen LogP contribution in [0.2, 0.25) is 5.02 Å². The predicted octanol–water partition coefficient (Wildman–Crippen LogP) is 2.39. The minimum Gasteiger partial charge on any atom is -0.486 e. The van der Waals surface area contributed by atoms with Gasteiger partial charge in [0.25, 0.3) is 0 Å². The van der Waals surface area contributed by atoms with Gasteiger partial charge >= 0.3 is 0 Å². The molecule has 1 unspecified atom stereocenters. The van der Waals surface area contributed by atoms with Gasteiger partial charge in [0.1, 0.15) is 13.2 Å². The van der Waals surface area contributed by atoms with E-state index >= 15 is 0 Å². The molecule has 1 aliphatic rings. The average molecular weight is 228 g/mol. The van der Waals surface area contributed by atoms with Crippen LogP contribution < -0.4 is 14.8 Å². The Morgan fingerprint density at radius 3 is 2.47 bits per heavy atom. The topological polar surface area (TPSA) is 30.5 Å². The Morgan fingerprint density at radius 1 is 1.27 bits per heavy atom. The molecule has 15 heavy (non-hydrogen) atoms. The Labute approximate surface area is 94.3 Å². The summed E-state index contributed by atoms with van der Waals surface area (Å²) in [6.07, 6.45) is 0. The highest BCUT2D eigenvalue weighted by Gasteiger charge is 2.17. The van der Waals surface area contributed by atoms with E-state index in [1.54, 1.807) is 0 Å². The summed E-state index contributed by atoms with van der Waals surface area (Å²) in [6.45, 7) is 3.24. The number of benzene rings is 1. The quantitative estimate of drug-likeness (QED) is 0.842. The third-order valence-corrected chi connectivity index (χ3v) is 2.89. The Balaban J connectivity index is 2.40. The van der Waals surface area contributed by atoms with Crippen molar-refractivity contribution in [3.05, 3.63) is 22.7 Å². The van der Waals surface area contributed by atoms with E-state index in [9.17, 15) is 0 Å². The summed E-state index contributed by atoms with van der Waals surface area (Å²) in [4.78, 5) is 0. The van der Waals surface area contributed by atoms with Gasteiger partial charge in [-0.15, -0.1) is 0 Å². The van der Waals surface area contributed by atoms with Crippen LogP contribution in [-0.4, -0.2) is 20.3 Å². The van der Waals surface area contributed by atoms with Gasteiger partial charge in [0.15, 0.2) is 11.5 Å². The molecule has 1 aromatic carbocycles. The summed E-state index contributed by atoms with van der Waals surface area (Å²) in [5, 5.41) is 3.86. The van der Waals surface area contributed by atoms with Gasteiger partial charge in [-0.05, 0) is 25.6 Å². The summed E-state index contributed by atoms with van der Waals surface area (Å²) in [5.41, 5.74) is 1.03. The molecule has 0 bridgehead atoms. The second kappa shape index (κ2) is 4.29. The molecule has 3 nitrogen and oxygen atoms in total. The Hall–Kier alpha value is -0.930. The van der Waals surface area contributed by atoms with Crippen molar-refractivity contribution in [3.8, 4) is 11.5 Å². The molecule has 2 rings (SSSR count). The van der Waals surface area contributed by atoms with Gasteiger partial charge < -0.3 is 14.8 Å². The first-order valence-corrected chi connectivity index (χ1v) is 5.36. The average Bonchev–Trinajstić information content (AvgIpc) is 2.27. The fourth-order valence-electron chi connectivity index (χ4n) is 1.57. The fourth-order valence-corrected chi connectivity index (χ4v) is 1.88. The summed E-state index contributed by atoms with van der Waals surface area (Å²) < 4.78 is 10.9. The highest BCUT2D eigenvalue weighted by atomic mass is 35.5. The Bertz CT molecular complexity index is 368. The molecule has 1 heterocycles. The van der Waals surface area contributed by atoms with Crippen molar-refractivity contribution >= 4 is 11.6 Å². The number of hydrogen-bond acceptors (Lipinski definition) is 3. The lowest BCUT2D eigenvalue weighted by molar-refractivity contribution is 0.171. The first kappa shape index (κ1) is 10.6. The lowest BCUT2D eigenvalue weighted by Gasteiger charge is -2.21. The number of rotatable bonds is 2. The molecule has 1 N–H and O–H groups in total. The summed E-state index contributed by atoms with van der Waals surface area (Å²) in [5.74, 6) is 1.51. The standard InChI is InChI=1S/C11H14ClNO2/c1-7(13-2)8-5-10-11(6-9(8)12)15-4-3-14-10/h5-7,13H,3-4H2,1-2H3. The van der Waals surface area contributed by atoms with Crippen LogP contribution in [0.3, 0.4) is 0 Å². The lowest BCUT2D eigenvalue weighted by atomic mass is 10.1. The Morgan fingerprint density at radius 2 is 1.87 bits per heavy atom. The first-order chi connectivity index (χ1) is 7.22. The van der Waals surface area contributed by atoms with Gasteiger partial charge in [-0.1, -0.05) is 11.6 Å². The van der Waals surface area contributed by atoms with E-state index in [0.717, 1.165) is 17.1 Å². The van der Waals surface area contributed by atoms with Crippen LogP contribution in [0.25, 0.3) is 0 Å². The molecule has 0 spiro atoms. The van der Waals surface area contributed by atoms with Gasteiger partial charge in [-0.25, -0.2) is 0 Å². The van der Waals surface area contributed by atoms with E-state index in [4.69, 9.17) is 21.1 Å². The Kier molecular flexibility index (Phi) is 3.03. The van der Waals surface area contributed by atoms with Gasteiger partial charge in [0.05, 0.1) is 0 Å². The van der Waals surface area contributed by atoms with Crippen LogP contribution in [0.5, 0.6) is 11.5 Å². The van der Waals surface area contributed by atoms with Gasteiger partial charge in [-0.3, -0.25) is 0 Å². The third kappa shape index (κ3) is 2.03. The minimum absolute atomic E-state index is 0.202. The molecule has 0 saturated carbocycles. The van der Waals surface area contributed by atoms with Gasteiger partial charge in [0.2, 0.25) is 0 Å². The number of nitrogens with one attached hydrogen (secondary N) is 1. The molecule has 1 aliphatic heterocycles. The highest BCUT2D eigenvalue weighted by Crippen LogP contribution is 2.37. The molecule has 0 amide bonds. The molecular weight excluding hydrogens is 214 g/mol. The molecule has 0 aliphatic carbocycles. The van der Waals surface area contributed by atoms with E-state index in [0.29, 0.717) is 18.2 Å². The van der Waals surface area contributed by atoms with E-state index in [-0.39, 0.29) is 6.04 Å².